The molecule has 16 heavy (non-hydrogen) atoms. The molecule has 1 N–H and O–H groups in total. The fourth-order valence-electron chi connectivity index (χ4n) is 1.95. The Kier molecular flexibility index (Phi) is 4.10. The normalized spacial score (nSPS) is 12.1. The number of hydrogen-bond donors (Lipinski definition) is 1. The average Bonchev–Trinajstić information content (AvgIpc) is 2.20. The molecule has 3 nitrogen and oxygen atoms in total. The molecule has 0 aliphatic carbocycles. The van der Waals surface area contributed by atoms with E-state index in [0.29, 0.717) is 5.92 Å². The Morgan fingerprint density at radius 1 is 1.25 bits per heavy atom. The topological polar surface area (TPSA) is 54.4 Å². The van der Waals surface area contributed by atoms with Gasteiger partial charge >= 0.3 is 0 Å². The zero-order valence-electron chi connectivity index (χ0n) is 9.90. The van der Waals surface area contributed by atoms with Gasteiger partial charge in [-0.2, -0.15) is 8.42 Å². The van der Waals surface area contributed by atoms with Crippen molar-refractivity contribution in [2.45, 2.75) is 44.4 Å². The largest absolute Gasteiger partial charge is 0.294 e. The minimum Gasteiger partial charge on any atom is -0.282 e. The van der Waals surface area contributed by atoms with Gasteiger partial charge in [-0.15, -0.1) is 0 Å². The third kappa shape index (κ3) is 2.83. The molecule has 0 aliphatic rings. The first-order valence-electron chi connectivity index (χ1n) is 5.48. The zero-order chi connectivity index (χ0) is 12.3. The van der Waals surface area contributed by atoms with Gasteiger partial charge in [-0.3, -0.25) is 4.55 Å². The molecule has 0 aromatic heterocycles. The molecule has 4 heteroatoms. The monoisotopic (exact) mass is 242 g/mol. The van der Waals surface area contributed by atoms with Crippen molar-refractivity contribution in [3.05, 3.63) is 29.3 Å². The van der Waals surface area contributed by atoms with Crippen LogP contribution in [0, 0.1) is 6.92 Å². The molecule has 90 valence electrons. The van der Waals surface area contributed by atoms with Crippen LogP contribution in [0.1, 0.15) is 43.7 Å². The Balaban J connectivity index is 3.29. The fourth-order valence-corrected chi connectivity index (χ4v) is 2.46. The van der Waals surface area contributed by atoms with Crippen molar-refractivity contribution in [1.82, 2.24) is 0 Å². The second-order valence-corrected chi connectivity index (χ2v) is 5.43. The van der Waals surface area contributed by atoms with Gasteiger partial charge in [-0.25, -0.2) is 0 Å². The van der Waals surface area contributed by atoms with Crippen LogP contribution in [0.2, 0.25) is 0 Å². The number of benzene rings is 1. The third-order valence-electron chi connectivity index (χ3n) is 2.97. The maximum absolute atomic E-state index is 11.1. The van der Waals surface area contributed by atoms with E-state index in [1.807, 2.05) is 6.92 Å². The second kappa shape index (κ2) is 4.97. The highest BCUT2D eigenvalue weighted by molar-refractivity contribution is 7.85. The van der Waals surface area contributed by atoms with E-state index in [4.69, 9.17) is 4.55 Å². The SMILES string of the molecule is CCC(CC)c1cc(S(=O)(=O)O)ccc1C. The highest BCUT2D eigenvalue weighted by Gasteiger charge is 2.15. The van der Waals surface area contributed by atoms with Gasteiger partial charge in [0.15, 0.2) is 0 Å². The number of hydrogen-bond acceptors (Lipinski definition) is 2. The van der Waals surface area contributed by atoms with Gasteiger partial charge in [0.05, 0.1) is 4.90 Å². The summed E-state index contributed by atoms with van der Waals surface area (Å²) in [5.41, 5.74) is 2.08. The molecule has 0 unspecified atom stereocenters. The van der Waals surface area contributed by atoms with Crippen LogP contribution in [0.25, 0.3) is 0 Å². The molecule has 0 saturated carbocycles. The van der Waals surface area contributed by atoms with Gasteiger partial charge in [0.1, 0.15) is 0 Å². The second-order valence-electron chi connectivity index (χ2n) is 4.01. The molecular weight excluding hydrogens is 224 g/mol. The number of rotatable bonds is 4. The van der Waals surface area contributed by atoms with Crippen LogP contribution >= 0.6 is 0 Å². The molecule has 0 heterocycles. The van der Waals surface area contributed by atoms with Crippen molar-refractivity contribution in [3.8, 4) is 0 Å². The van der Waals surface area contributed by atoms with Gasteiger partial charge in [0, 0.05) is 0 Å². The molecule has 1 aromatic carbocycles. The Morgan fingerprint density at radius 3 is 2.25 bits per heavy atom. The van der Waals surface area contributed by atoms with Gasteiger partial charge < -0.3 is 0 Å². The molecule has 0 radical (unpaired) electrons. The van der Waals surface area contributed by atoms with E-state index in [2.05, 4.69) is 13.8 Å². The average molecular weight is 242 g/mol. The fraction of sp³-hybridized carbons (Fsp3) is 0.500. The van der Waals surface area contributed by atoms with E-state index < -0.39 is 10.1 Å². The summed E-state index contributed by atoms with van der Waals surface area (Å²) in [6.45, 7) is 6.11. The summed E-state index contributed by atoms with van der Waals surface area (Å²) < 4.78 is 31.1. The standard InChI is InChI=1S/C12H18O3S/c1-4-10(5-2)12-8-11(16(13,14)15)7-6-9(12)3/h6-8,10H,4-5H2,1-3H3,(H,13,14,15). The predicted molar refractivity (Wildman–Crippen MR) is 64.3 cm³/mol. The maximum Gasteiger partial charge on any atom is 0.294 e. The lowest BCUT2D eigenvalue weighted by atomic mass is 9.91. The number of aryl methyl sites for hydroxylation is 1. The first-order chi connectivity index (χ1) is 7.40. The predicted octanol–water partition coefficient (Wildman–Crippen LogP) is 3.15. The van der Waals surface area contributed by atoms with Crippen molar-refractivity contribution in [2.24, 2.45) is 0 Å². The summed E-state index contributed by atoms with van der Waals surface area (Å²) >= 11 is 0. The van der Waals surface area contributed by atoms with E-state index in [-0.39, 0.29) is 4.90 Å². The Morgan fingerprint density at radius 2 is 1.81 bits per heavy atom. The molecule has 0 aliphatic heterocycles. The molecule has 0 spiro atoms. The van der Waals surface area contributed by atoms with Crippen LogP contribution in [-0.4, -0.2) is 13.0 Å². The van der Waals surface area contributed by atoms with Gasteiger partial charge in [0.2, 0.25) is 0 Å². The Labute approximate surface area is 97.2 Å². The van der Waals surface area contributed by atoms with Crippen LogP contribution in [0.5, 0.6) is 0 Å². The van der Waals surface area contributed by atoms with Crippen molar-refractivity contribution in [3.63, 3.8) is 0 Å². The van der Waals surface area contributed by atoms with Gasteiger partial charge in [-0.05, 0) is 48.9 Å². The highest BCUT2D eigenvalue weighted by Crippen LogP contribution is 2.28. The van der Waals surface area contributed by atoms with Crippen LogP contribution in [0.3, 0.4) is 0 Å². The van der Waals surface area contributed by atoms with E-state index >= 15 is 0 Å². The Hall–Kier alpha value is -0.870. The van der Waals surface area contributed by atoms with Crippen LogP contribution in [0.4, 0.5) is 0 Å². The molecule has 0 bridgehead atoms. The zero-order valence-corrected chi connectivity index (χ0v) is 10.7. The summed E-state index contributed by atoms with van der Waals surface area (Å²) in [7, 11) is -4.09. The summed E-state index contributed by atoms with van der Waals surface area (Å²) in [5, 5.41) is 0. The molecule has 0 atom stereocenters. The maximum atomic E-state index is 11.1. The third-order valence-corrected chi connectivity index (χ3v) is 3.82. The molecule has 0 saturated heterocycles. The lowest BCUT2D eigenvalue weighted by Crippen LogP contribution is -2.03. The first kappa shape index (κ1) is 13.2. The Bertz CT molecular complexity index is 459. The van der Waals surface area contributed by atoms with Crippen molar-refractivity contribution in [1.29, 1.82) is 0 Å². The minimum atomic E-state index is -4.09. The molecule has 0 fully saturated rings. The lowest BCUT2D eigenvalue weighted by molar-refractivity contribution is 0.482. The highest BCUT2D eigenvalue weighted by atomic mass is 32.2. The molecule has 0 amide bonds. The summed E-state index contributed by atoms with van der Waals surface area (Å²) in [6.07, 6.45) is 1.93. The lowest BCUT2D eigenvalue weighted by Gasteiger charge is -2.16. The van der Waals surface area contributed by atoms with Crippen molar-refractivity contribution >= 4 is 10.1 Å². The van der Waals surface area contributed by atoms with Gasteiger partial charge in [-0.1, -0.05) is 19.9 Å². The van der Waals surface area contributed by atoms with Crippen molar-refractivity contribution < 1.29 is 13.0 Å². The molecule has 1 aromatic rings. The molecular formula is C12H18O3S. The van der Waals surface area contributed by atoms with Crippen molar-refractivity contribution in [2.75, 3.05) is 0 Å². The van der Waals surface area contributed by atoms with E-state index in [1.54, 1.807) is 12.1 Å². The van der Waals surface area contributed by atoms with E-state index in [0.717, 1.165) is 24.0 Å². The summed E-state index contributed by atoms with van der Waals surface area (Å²) in [5.74, 6) is 0.349. The van der Waals surface area contributed by atoms with Crippen LogP contribution in [0.15, 0.2) is 23.1 Å². The van der Waals surface area contributed by atoms with Gasteiger partial charge in [0.25, 0.3) is 10.1 Å². The molecule has 1 rings (SSSR count). The van der Waals surface area contributed by atoms with E-state index in [1.165, 1.54) is 6.07 Å². The first-order valence-corrected chi connectivity index (χ1v) is 6.92. The van der Waals surface area contributed by atoms with Crippen LogP contribution < -0.4 is 0 Å². The van der Waals surface area contributed by atoms with E-state index in [9.17, 15) is 8.42 Å². The summed E-state index contributed by atoms with van der Waals surface area (Å²) in [4.78, 5) is -0.0139. The smallest absolute Gasteiger partial charge is 0.282 e. The minimum absolute atomic E-state index is 0.0139. The summed E-state index contributed by atoms with van der Waals surface area (Å²) in [6, 6.07) is 4.77. The quantitative estimate of drug-likeness (QED) is 0.825. The van der Waals surface area contributed by atoms with Crippen LogP contribution in [-0.2, 0) is 10.1 Å².